The summed E-state index contributed by atoms with van der Waals surface area (Å²) in [7, 11) is 0. The number of aliphatic carboxylic acids is 1. The summed E-state index contributed by atoms with van der Waals surface area (Å²) in [6.45, 7) is -0.329. The molecule has 0 unspecified atom stereocenters. The molecule has 1 amide bonds. The fourth-order valence-corrected chi connectivity index (χ4v) is 4.64. The number of carboxylic acid groups (broad SMARTS) is 1. The largest absolute Gasteiger partial charge is 0.480 e. The second-order valence-corrected chi connectivity index (χ2v) is 6.31. The molecule has 4 fully saturated rings. The summed E-state index contributed by atoms with van der Waals surface area (Å²) in [6, 6.07) is 0. The Morgan fingerprint density at radius 2 is 1.61 bits per heavy atom. The van der Waals surface area contributed by atoms with Gasteiger partial charge in [-0.3, -0.25) is 9.59 Å². The van der Waals surface area contributed by atoms with E-state index in [1.807, 2.05) is 0 Å². The molecule has 0 spiro atoms. The summed E-state index contributed by atoms with van der Waals surface area (Å²) >= 11 is 0. The first kappa shape index (κ1) is 12.0. The van der Waals surface area contributed by atoms with E-state index in [9.17, 15) is 9.59 Å². The Bertz CT molecular complexity index is 366. The standard InChI is InChI=1S/C13H20N2O3/c14-13(12(18)15-6-11(16)17)9-2-7-1-8(4-9)5-10(13)3-7/h7-10H,1-6,14H2,(H,15,18)(H,16,17). The van der Waals surface area contributed by atoms with Gasteiger partial charge in [0.25, 0.3) is 0 Å². The molecule has 0 aromatic carbocycles. The first-order valence-electron chi connectivity index (χ1n) is 6.79. The van der Waals surface area contributed by atoms with E-state index in [4.69, 9.17) is 10.8 Å². The quantitative estimate of drug-likeness (QED) is 0.675. The summed E-state index contributed by atoms with van der Waals surface area (Å²) in [5.41, 5.74) is 5.60. The van der Waals surface area contributed by atoms with Gasteiger partial charge >= 0.3 is 5.97 Å². The third-order valence-electron chi connectivity index (χ3n) is 5.28. The number of carboxylic acids is 1. The highest BCUT2D eigenvalue weighted by Gasteiger charge is 2.58. The molecular weight excluding hydrogens is 232 g/mol. The molecule has 0 heterocycles. The van der Waals surface area contributed by atoms with Crippen molar-refractivity contribution in [3.63, 3.8) is 0 Å². The number of carbonyl (C=O) groups excluding carboxylic acids is 1. The molecule has 0 saturated heterocycles. The summed E-state index contributed by atoms with van der Waals surface area (Å²) in [4.78, 5) is 22.8. The van der Waals surface area contributed by atoms with Crippen LogP contribution in [0.5, 0.6) is 0 Å². The van der Waals surface area contributed by atoms with Crippen LogP contribution in [0.3, 0.4) is 0 Å². The van der Waals surface area contributed by atoms with Crippen LogP contribution in [-0.2, 0) is 9.59 Å². The monoisotopic (exact) mass is 252 g/mol. The van der Waals surface area contributed by atoms with Crippen molar-refractivity contribution >= 4 is 11.9 Å². The second kappa shape index (κ2) is 3.95. The van der Waals surface area contributed by atoms with Crippen LogP contribution in [0.1, 0.15) is 32.1 Å². The highest BCUT2D eigenvalue weighted by molar-refractivity contribution is 5.89. The number of carbonyl (C=O) groups is 2. The number of nitrogens with one attached hydrogen (secondary N) is 1. The van der Waals surface area contributed by atoms with Crippen LogP contribution in [0.25, 0.3) is 0 Å². The van der Waals surface area contributed by atoms with Crippen LogP contribution in [0, 0.1) is 23.7 Å². The molecule has 0 aliphatic heterocycles. The number of amides is 1. The maximum atomic E-state index is 12.3. The number of rotatable bonds is 3. The predicted octanol–water partition coefficient (Wildman–Crippen LogP) is 0.341. The minimum Gasteiger partial charge on any atom is -0.480 e. The molecule has 18 heavy (non-hydrogen) atoms. The SMILES string of the molecule is NC1(C(=O)NCC(=O)O)C2CC3CC(C2)CC1C3. The first-order chi connectivity index (χ1) is 8.50. The topological polar surface area (TPSA) is 92.4 Å². The molecule has 0 aromatic heterocycles. The van der Waals surface area contributed by atoms with Gasteiger partial charge in [-0.25, -0.2) is 0 Å². The molecule has 4 saturated carbocycles. The fourth-order valence-electron chi connectivity index (χ4n) is 4.64. The van der Waals surface area contributed by atoms with Gasteiger partial charge in [-0.1, -0.05) is 0 Å². The van der Waals surface area contributed by atoms with Gasteiger partial charge in [0.1, 0.15) is 12.1 Å². The van der Waals surface area contributed by atoms with E-state index in [1.54, 1.807) is 0 Å². The fraction of sp³-hybridized carbons (Fsp3) is 0.846. The average molecular weight is 252 g/mol. The van der Waals surface area contributed by atoms with Crippen molar-refractivity contribution in [1.29, 1.82) is 0 Å². The third kappa shape index (κ3) is 1.64. The van der Waals surface area contributed by atoms with Crippen LogP contribution < -0.4 is 11.1 Å². The lowest BCUT2D eigenvalue weighted by atomic mass is 9.48. The predicted molar refractivity (Wildman–Crippen MR) is 64.6 cm³/mol. The minimum atomic E-state index is -1.02. The van der Waals surface area contributed by atoms with Crippen molar-refractivity contribution in [1.82, 2.24) is 5.32 Å². The molecule has 4 aliphatic rings. The molecule has 4 bridgehead atoms. The number of nitrogens with two attached hydrogens (primary N) is 1. The van der Waals surface area contributed by atoms with Gasteiger partial charge in [-0.05, 0) is 55.8 Å². The van der Waals surface area contributed by atoms with Gasteiger partial charge in [-0.2, -0.15) is 0 Å². The summed E-state index contributed by atoms with van der Waals surface area (Å²) < 4.78 is 0. The van der Waals surface area contributed by atoms with E-state index >= 15 is 0 Å². The van der Waals surface area contributed by atoms with E-state index < -0.39 is 11.5 Å². The maximum Gasteiger partial charge on any atom is 0.322 e. The second-order valence-electron chi connectivity index (χ2n) is 6.31. The van der Waals surface area contributed by atoms with Crippen LogP contribution >= 0.6 is 0 Å². The van der Waals surface area contributed by atoms with Gasteiger partial charge in [0.05, 0.1) is 0 Å². The van der Waals surface area contributed by atoms with Gasteiger partial charge < -0.3 is 16.2 Å². The first-order valence-corrected chi connectivity index (χ1v) is 6.79. The lowest BCUT2D eigenvalue weighted by Crippen LogP contribution is -2.69. The van der Waals surface area contributed by atoms with Crippen LogP contribution in [-0.4, -0.2) is 29.1 Å². The lowest BCUT2D eigenvalue weighted by Gasteiger charge is -2.58. The molecule has 0 radical (unpaired) electrons. The highest BCUT2D eigenvalue weighted by Crippen LogP contribution is 2.57. The van der Waals surface area contributed by atoms with Crippen molar-refractivity contribution < 1.29 is 14.7 Å². The van der Waals surface area contributed by atoms with E-state index in [0.29, 0.717) is 0 Å². The Hall–Kier alpha value is -1.10. The van der Waals surface area contributed by atoms with Crippen molar-refractivity contribution in [3.05, 3.63) is 0 Å². The lowest BCUT2D eigenvalue weighted by molar-refractivity contribution is -0.146. The molecule has 4 aliphatic carbocycles. The third-order valence-corrected chi connectivity index (χ3v) is 5.28. The molecule has 4 N–H and O–H groups in total. The Kier molecular flexibility index (Phi) is 2.62. The van der Waals surface area contributed by atoms with E-state index in [2.05, 4.69) is 5.32 Å². The van der Waals surface area contributed by atoms with Gasteiger partial charge in [-0.15, -0.1) is 0 Å². The smallest absolute Gasteiger partial charge is 0.322 e. The van der Waals surface area contributed by atoms with Gasteiger partial charge in [0, 0.05) is 0 Å². The Morgan fingerprint density at radius 3 is 2.06 bits per heavy atom. The molecule has 5 heteroatoms. The van der Waals surface area contributed by atoms with Gasteiger partial charge in [0.15, 0.2) is 0 Å². The molecule has 4 rings (SSSR count). The zero-order chi connectivity index (χ0) is 12.9. The molecule has 0 atom stereocenters. The van der Waals surface area contributed by atoms with E-state index in [1.165, 1.54) is 6.42 Å². The van der Waals surface area contributed by atoms with Crippen molar-refractivity contribution in [2.24, 2.45) is 29.4 Å². The molecular formula is C13H20N2O3. The van der Waals surface area contributed by atoms with Crippen molar-refractivity contribution in [2.45, 2.75) is 37.6 Å². The Balaban J connectivity index is 1.77. The zero-order valence-corrected chi connectivity index (χ0v) is 10.4. The molecule has 0 aromatic rings. The van der Waals surface area contributed by atoms with Crippen LogP contribution in [0.4, 0.5) is 0 Å². The van der Waals surface area contributed by atoms with Crippen molar-refractivity contribution in [2.75, 3.05) is 6.54 Å². The summed E-state index contributed by atoms with van der Waals surface area (Å²) in [6.07, 6.45) is 5.49. The summed E-state index contributed by atoms with van der Waals surface area (Å²) in [5, 5.41) is 11.1. The summed E-state index contributed by atoms with van der Waals surface area (Å²) in [5.74, 6) is 0.729. The molecule has 100 valence electrons. The maximum absolute atomic E-state index is 12.3. The minimum absolute atomic E-state index is 0.251. The number of hydrogen-bond acceptors (Lipinski definition) is 3. The Morgan fingerprint density at radius 1 is 1.11 bits per heavy atom. The van der Waals surface area contributed by atoms with E-state index in [-0.39, 0.29) is 24.3 Å². The number of hydrogen-bond donors (Lipinski definition) is 3. The van der Waals surface area contributed by atoms with E-state index in [0.717, 1.165) is 37.5 Å². The molecule has 5 nitrogen and oxygen atoms in total. The van der Waals surface area contributed by atoms with Gasteiger partial charge in [0.2, 0.25) is 5.91 Å². The highest BCUT2D eigenvalue weighted by atomic mass is 16.4. The normalized spacial score (nSPS) is 44.9. The van der Waals surface area contributed by atoms with Crippen LogP contribution in [0.15, 0.2) is 0 Å². The average Bonchev–Trinajstić information content (AvgIpc) is 2.31. The van der Waals surface area contributed by atoms with Crippen molar-refractivity contribution in [3.8, 4) is 0 Å². The Labute approximate surface area is 106 Å². The zero-order valence-electron chi connectivity index (χ0n) is 10.4. The van der Waals surface area contributed by atoms with Crippen LogP contribution in [0.2, 0.25) is 0 Å².